The van der Waals surface area contributed by atoms with Crippen molar-refractivity contribution in [1.82, 2.24) is 9.78 Å². The van der Waals surface area contributed by atoms with Crippen LogP contribution in [0.15, 0.2) is 30.5 Å². The predicted octanol–water partition coefficient (Wildman–Crippen LogP) is 2.25. The zero-order chi connectivity index (χ0) is 12.4. The Balaban J connectivity index is 2.22. The summed E-state index contributed by atoms with van der Waals surface area (Å²) < 4.78 is 1.66. The third-order valence-electron chi connectivity index (χ3n) is 2.64. The van der Waals surface area contributed by atoms with Crippen LogP contribution in [-0.2, 0) is 6.54 Å². The first-order valence-corrected chi connectivity index (χ1v) is 5.39. The van der Waals surface area contributed by atoms with E-state index in [1.54, 1.807) is 17.8 Å². The van der Waals surface area contributed by atoms with E-state index in [1.807, 2.05) is 31.2 Å². The highest BCUT2D eigenvalue weighted by molar-refractivity contribution is 5.88. The molecule has 0 bridgehead atoms. The van der Waals surface area contributed by atoms with Crippen LogP contribution in [0.1, 0.15) is 27.2 Å². The van der Waals surface area contributed by atoms with Crippen molar-refractivity contribution in [1.29, 1.82) is 0 Å². The van der Waals surface area contributed by atoms with Crippen molar-refractivity contribution in [2.45, 2.75) is 20.4 Å². The summed E-state index contributed by atoms with van der Waals surface area (Å²) in [5.41, 5.74) is 3.12. The number of hydrogen-bond acceptors (Lipinski definition) is 2. The summed E-state index contributed by atoms with van der Waals surface area (Å²) in [5, 5.41) is 13.1. The van der Waals surface area contributed by atoms with Crippen LogP contribution >= 0.6 is 0 Å². The van der Waals surface area contributed by atoms with E-state index in [-0.39, 0.29) is 5.56 Å². The van der Waals surface area contributed by atoms with E-state index in [4.69, 9.17) is 5.11 Å². The minimum Gasteiger partial charge on any atom is -0.478 e. The average Bonchev–Trinajstić information content (AvgIpc) is 2.63. The van der Waals surface area contributed by atoms with Gasteiger partial charge in [0, 0.05) is 6.20 Å². The van der Waals surface area contributed by atoms with Crippen LogP contribution in [0.4, 0.5) is 0 Å². The van der Waals surface area contributed by atoms with Crippen LogP contribution in [0.5, 0.6) is 0 Å². The van der Waals surface area contributed by atoms with Gasteiger partial charge in [-0.15, -0.1) is 0 Å². The molecule has 0 radical (unpaired) electrons. The van der Waals surface area contributed by atoms with E-state index in [2.05, 4.69) is 5.10 Å². The predicted molar refractivity (Wildman–Crippen MR) is 64.2 cm³/mol. The van der Waals surface area contributed by atoms with Crippen molar-refractivity contribution < 1.29 is 9.90 Å². The molecule has 0 saturated carbocycles. The van der Waals surface area contributed by atoms with Gasteiger partial charge in [0.05, 0.1) is 12.2 Å². The van der Waals surface area contributed by atoms with Gasteiger partial charge in [-0.25, -0.2) is 4.79 Å². The SMILES string of the molecule is Cc1ccc(Cn2cc(C(=O)O)c(C)n2)cc1. The molecule has 4 heteroatoms. The molecule has 1 N–H and O–H groups in total. The van der Waals surface area contributed by atoms with Gasteiger partial charge in [0.25, 0.3) is 0 Å². The monoisotopic (exact) mass is 230 g/mol. The highest BCUT2D eigenvalue weighted by Crippen LogP contribution is 2.09. The maximum absolute atomic E-state index is 10.9. The lowest BCUT2D eigenvalue weighted by molar-refractivity contribution is 0.0696. The number of aryl methyl sites for hydroxylation is 2. The topological polar surface area (TPSA) is 55.1 Å². The first kappa shape index (κ1) is 11.4. The Kier molecular flexibility index (Phi) is 2.95. The Morgan fingerprint density at radius 3 is 2.47 bits per heavy atom. The summed E-state index contributed by atoms with van der Waals surface area (Å²) in [7, 11) is 0. The van der Waals surface area contributed by atoms with Crippen molar-refractivity contribution in [3.8, 4) is 0 Å². The van der Waals surface area contributed by atoms with Crippen molar-refractivity contribution in [3.05, 3.63) is 52.8 Å². The van der Waals surface area contributed by atoms with Gasteiger partial charge in [-0.05, 0) is 19.4 Å². The molecule has 0 fully saturated rings. The quantitative estimate of drug-likeness (QED) is 0.879. The molecule has 1 aromatic heterocycles. The molecule has 0 amide bonds. The fourth-order valence-corrected chi connectivity index (χ4v) is 1.69. The number of rotatable bonds is 3. The molecular formula is C13H14N2O2. The van der Waals surface area contributed by atoms with E-state index in [1.165, 1.54) is 5.56 Å². The van der Waals surface area contributed by atoms with Gasteiger partial charge < -0.3 is 5.11 Å². The Labute approximate surface area is 99.5 Å². The van der Waals surface area contributed by atoms with Crippen molar-refractivity contribution in [3.63, 3.8) is 0 Å². The van der Waals surface area contributed by atoms with Gasteiger partial charge in [0.15, 0.2) is 0 Å². The van der Waals surface area contributed by atoms with Crippen LogP contribution in [0, 0.1) is 13.8 Å². The van der Waals surface area contributed by atoms with Crippen LogP contribution in [-0.4, -0.2) is 20.9 Å². The molecule has 88 valence electrons. The number of carboxylic acid groups (broad SMARTS) is 1. The molecule has 17 heavy (non-hydrogen) atoms. The molecule has 0 unspecified atom stereocenters. The first-order valence-electron chi connectivity index (χ1n) is 5.39. The molecule has 2 aromatic rings. The van der Waals surface area contributed by atoms with Gasteiger partial charge in [-0.3, -0.25) is 4.68 Å². The molecule has 0 aliphatic rings. The molecule has 2 rings (SSSR count). The summed E-state index contributed by atoms with van der Waals surface area (Å²) in [6.07, 6.45) is 1.57. The Bertz CT molecular complexity index is 541. The number of aromatic nitrogens is 2. The lowest BCUT2D eigenvalue weighted by Crippen LogP contribution is -2.00. The summed E-state index contributed by atoms with van der Waals surface area (Å²) >= 11 is 0. The van der Waals surface area contributed by atoms with E-state index >= 15 is 0 Å². The normalized spacial score (nSPS) is 10.5. The van der Waals surface area contributed by atoms with E-state index in [0.29, 0.717) is 12.2 Å². The minimum absolute atomic E-state index is 0.261. The maximum atomic E-state index is 10.9. The van der Waals surface area contributed by atoms with Crippen molar-refractivity contribution in [2.24, 2.45) is 0 Å². The third-order valence-corrected chi connectivity index (χ3v) is 2.64. The molecular weight excluding hydrogens is 216 g/mol. The van der Waals surface area contributed by atoms with E-state index in [9.17, 15) is 4.79 Å². The Morgan fingerprint density at radius 1 is 1.29 bits per heavy atom. The largest absolute Gasteiger partial charge is 0.478 e. The minimum atomic E-state index is -0.933. The van der Waals surface area contributed by atoms with Crippen molar-refractivity contribution >= 4 is 5.97 Å². The van der Waals surface area contributed by atoms with E-state index < -0.39 is 5.97 Å². The summed E-state index contributed by atoms with van der Waals surface area (Å²) in [6.45, 7) is 4.33. The van der Waals surface area contributed by atoms with Gasteiger partial charge in [-0.2, -0.15) is 5.10 Å². The molecule has 0 aliphatic carbocycles. The standard InChI is InChI=1S/C13H14N2O2/c1-9-3-5-11(6-4-9)7-15-8-12(13(16)17)10(2)14-15/h3-6,8H,7H2,1-2H3,(H,16,17). The molecule has 0 atom stereocenters. The van der Waals surface area contributed by atoms with Crippen molar-refractivity contribution in [2.75, 3.05) is 0 Å². The van der Waals surface area contributed by atoms with Crippen LogP contribution in [0.2, 0.25) is 0 Å². The van der Waals surface area contributed by atoms with Gasteiger partial charge in [-0.1, -0.05) is 29.8 Å². The van der Waals surface area contributed by atoms with Gasteiger partial charge in [0.1, 0.15) is 5.56 Å². The molecule has 0 saturated heterocycles. The zero-order valence-electron chi connectivity index (χ0n) is 9.84. The second-order valence-corrected chi connectivity index (χ2v) is 4.12. The average molecular weight is 230 g/mol. The fourth-order valence-electron chi connectivity index (χ4n) is 1.69. The van der Waals surface area contributed by atoms with E-state index in [0.717, 1.165) is 5.56 Å². The molecule has 4 nitrogen and oxygen atoms in total. The number of aromatic carboxylic acids is 1. The number of hydrogen-bond donors (Lipinski definition) is 1. The number of nitrogens with zero attached hydrogens (tertiary/aromatic N) is 2. The molecule has 1 aromatic carbocycles. The molecule has 1 heterocycles. The highest BCUT2D eigenvalue weighted by Gasteiger charge is 2.11. The third kappa shape index (κ3) is 2.53. The number of benzene rings is 1. The number of carboxylic acids is 1. The van der Waals surface area contributed by atoms with Crippen LogP contribution in [0.3, 0.4) is 0 Å². The molecule has 0 spiro atoms. The second-order valence-electron chi connectivity index (χ2n) is 4.12. The van der Waals surface area contributed by atoms with Gasteiger partial charge >= 0.3 is 5.97 Å². The lowest BCUT2D eigenvalue weighted by atomic mass is 10.1. The fraction of sp³-hybridized carbons (Fsp3) is 0.231. The highest BCUT2D eigenvalue weighted by atomic mass is 16.4. The van der Waals surface area contributed by atoms with Gasteiger partial charge in [0.2, 0.25) is 0 Å². The second kappa shape index (κ2) is 4.41. The Morgan fingerprint density at radius 2 is 1.94 bits per heavy atom. The maximum Gasteiger partial charge on any atom is 0.339 e. The Hall–Kier alpha value is -2.10. The lowest BCUT2D eigenvalue weighted by Gasteiger charge is -2.01. The smallest absolute Gasteiger partial charge is 0.339 e. The number of carbonyl (C=O) groups is 1. The van der Waals surface area contributed by atoms with Crippen LogP contribution in [0.25, 0.3) is 0 Å². The summed E-state index contributed by atoms with van der Waals surface area (Å²) in [5.74, 6) is -0.933. The molecule has 0 aliphatic heterocycles. The summed E-state index contributed by atoms with van der Waals surface area (Å²) in [4.78, 5) is 10.9. The van der Waals surface area contributed by atoms with Crippen LogP contribution < -0.4 is 0 Å². The summed E-state index contributed by atoms with van der Waals surface area (Å²) in [6, 6.07) is 8.10. The first-order chi connectivity index (χ1) is 8.06. The zero-order valence-corrected chi connectivity index (χ0v) is 9.84.